The summed E-state index contributed by atoms with van der Waals surface area (Å²) in [5.74, 6) is 0. The molecule has 1 saturated heterocycles. The molecule has 2 aliphatic rings. The Morgan fingerprint density at radius 2 is 2.00 bits per heavy atom. The Kier molecular flexibility index (Phi) is 3.70. The summed E-state index contributed by atoms with van der Waals surface area (Å²) in [6.45, 7) is 5.80. The van der Waals surface area contributed by atoms with E-state index in [0.29, 0.717) is 11.5 Å². The van der Waals surface area contributed by atoms with Gasteiger partial charge in [0.05, 0.1) is 0 Å². The fourth-order valence-electron chi connectivity index (χ4n) is 2.09. The number of nitrogens with one attached hydrogen (secondary N) is 2. The van der Waals surface area contributed by atoms with Crippen LogP contribution in [0, 0.1) is 5.41 Å². The van der Waals surface area contributed by atoms with Crippen LogP contribution in [0.4, 0.5) is 0 Å². The summed E-state index contributed by atoms with van der Waals surface area (Å²) >= 11 is 5.28. The topological polar surface area (TPSA) is 27.3 Å². The van der Waals surface area contributed by atoms with Gasteiger partial charge < -0.3 is 15.5 Å². The van der Waals surface area contributed by atoms with Gasteiger partial charge in [-0.3, -0.25) is 0 Å². The van der Waals surface area contributed by atoms with Gasteiger partial charge in [0.1, 0.15) is 0 Å². The molecule has 0 aromatic heterocycles. The van der Waals surface area contributed by atoms with Crippen LogP contribution in [0.5, 0.6) is 0 Å². The maximum atomic E-state index is 5.28. The van der Waals surface area contributed by atoms with E-state index >= 15 is 0 Å². The van der Waals surface area contributed by atoms with E-state index < -0.39 is 0 Å². The maximum absolute atomic E-state index is 5.28. The molecule has 16 heavy (non-hydrogen) atoms. The van der Waals surface area contributed by atoms with Crippen molar-refractivity contribution >= 4 is 17.3 Å². The Balaban J connectivity index is 1.69. The van der Waals surface area contributed by atoms with Crippen LogP contribution >= 0.6 is 12.2 Å². The minimum Gasteiger partial charge on any atom is -0.362 e. The molecule has 4 heteroatoms. The van der Waals surface area contributed by atoms with E-state index in [1.165, 1.54) is 38.8 Å². The highest BCUT2D eigenvalue weighted by atomic mass is 32.1. The molecule has 0 aromatic rings. The Hall–Kier alpha value is -0.350. The van der Waals surface area contributed by atoms with Crippen LogP contribution in [-0.2, 0) is 0 Å². The molecule has 0 spiro atoms. The lowest BCUT2D eigenvalue weighted by molar-refractivity contribution is 0.142. The fourth-order valence-corrected chi connectivity index (χ4v) is 2.33. The molecule has 0 radical (unpaired) electrons. The Bertz CT molecular complexity index is 255. The van der Waals surface area contributed by atoms with E-state index in [9.17, 15) is 0 Å². The molecule has 2 N–H and O–H groups in total. The largest absolute Gasteiger partial charge is 0.362 e. The van der Waals surface area contributed by atoms with Crippen molar-refractivity contribution in [3.8, 4) is 0 Å². The second-order valence-electron chi connectivity index (χ2n) is 5.72. The normalized spacial score (nSPS) is 25.1. The molecule has 1 heterocycles. The highest BCUT2D eigenvalue weighted by Crippen LogP contribution is 2.29. The van der Waals surface area contributed by atoms with Gasteiger partial charge in [-0.2, -0.15) is 0 Å². The van der Waals surface area contributed by atoms with Crippen LogP contribution in [0.1, 0.15) is 32.6 Å². The SMILES string of the molecule is CN1CCC(C)(CNC(=S)NC2CC2)CC1. The second kappa shape index (κ2) is 4.88. The molecule has 2 fully saturated rings. The molecule has 1 aliphatic heterocycles. The van der Waals surface area contributed by atoms with Crippen molar-refractivity contribution in [1.29, 1.82) is 0 Å². The van der Waals surface area contributed by atoms with Gasteiger partial charge in [-0.15, -0.1) is 0 Å². The van der Waals surface area contributed by atoms with E-state index in [2.05, 4.69) is 29.5 Å². The van der Waals surface area contributed by atoms with E-state index in [1.54, 1.807) is 0 Å². The third-order valence-electron chi connectivity index (χ3n) is 3.78. The van der Waals surface area contributed by atoms with Crippen molar-refractivity contribution in [3.63, 3.8) is 0 Å². The molecule has 3 nitrogen and oxygen atoms in total. The van der Waals surface area contributed by atoms with Gasteiger partial charge in [0, 0.05) is 12.6 Å². The monoisotopic (exact) mass is 241 g/mol. The lowest BCUT2D eigenvalue weighted by atomic mass is 9.80. The van der Waals surface area contributed by atoms with Crippen LogP contribution in [0.15, 0.2) is 0 Å². The predicted molar refractivity (Wildman–Crippen MR) is 71.6 cm³/mol. The lowest BCUT2D eigenvalue weighted by Gasteiger charge is -2.38. The minimum atomic E-state index is 0.418. The van der Waals surface area contributed by atoms with Crippen LogP contribution < -0.4 is 10.6 Å². The molecule has 0 atom stereocenters. The highest BCUT2D eigenvalue weighted by molar-refractivity contribution is 7.80. The van der Waals surface area contributed by atoms with Crippen molar-refractivity contribution in [3.05, 3.63) is 0 Å². The molecular weight excluding hydrogens is 218 g/mol. The van der Waals surface area contributed by atoms with Gasteiger partial charge >= 0.3 is 0 Å². The van der Waals surface area contributed by atoms with E-state index in [-0.39, 0.29) is 0 Å². The first-order valence-corrected chi connectivity index (χ1v) is 6.71. The number of likely N-dealkylation sites (tertiary alicyclic amines) is 1. The summed E-state index contributed by atoms with van der Waals surface area (Å²) in [6, 6.07) is 0.658. The quantitative estimate of drug-likeness (QED) is 0.729. The zero-order chi connectivity index (χ0) is 11.6. The van der Waals surface area contributed by atoms with Crippen molar-refractivity contribution in [2.24, 2.45) is 5.41 Å². The molecule has 92 valence electrons. The summed E-state index contributed by atoms with van der Waals surface area (Å²) < 4.78 is 0. The Morgan fingerprint density at radius 1 is 1.38 bits per heavy atom. The van der Waals surface area contributed by atoms with Gasteiger partial charge in [-0.05, 0) is 63.5 Å². The summed E-state index contributed by atoms with van der Waals surface area (Å²) in [7, 11) is 2.20. The molecule has 0 amide bonds. The predicted octanol–water partition coefficient (Wildman–Crippen LogP) is 1.34. The molecule has 1 saturated carbocycles. The molecule has 0 aromatic carbocycles. The molecular formula is C12H23N3S. The van der Waals surface area contributed by atoms with Crippen LogP contribution in [0.2, 0.25) is 0 Å². The van der Waals surface area contributed by atoms with Gasteiger partial charge in [0.25, 0.3) is 0 Å². The van der Waals surface area contributed by atoms with E-state index in [0.717, 1.165) is 11.7 Å². The summed E-state index contributed by atoms with van der Waals surface area (Å²) in [5.41, 5.74) is 0.418. The van der Waals surface area contributed by atoms with Crippen molar-refractivity contribution in [2.75, 3.05) is 26.7 Å². The number of nitrogens with zero attached hydrogens (tertiary/aromatic N) is 1. The van der Waals surface area contributed by atoms with Crippen molar-refractivity contribution in [2.45, 2.75) is 38.6 Å². The number of rotatable bonds is 3. The summed E-state index contributed by atoms with van der Waals surface area (Å²) in [5, 5.41) is 7.56. The first kappa shape index (κ1) is 12.1. The second-order valence-corrected chi connectivity index (χ2v) is 6.12. The summed E-state index contributed by atoms with van der Waals surface area (Å²) in [6.07, 6.45) is 5.10. The average molecular weight is 241 g/mol. The van der Waals surface area contributed by atoms with Gasteiger partial charge in [0.15, 0.2) is 5.11 Å². The number of thiocarbonyl (C=S) groups is 1. The number of piperidine rings is 1. The lowest BCUT2D eigenvalue weighted by Crippen LogP contribution is -2.46. The minimum absolute atomic E-state index is 0.418. The molecule has 0 bridgehead atoms. The summed E-state index contributed by atoms with van der Waals surface area (Å²) in [4.78, 5) is 2.41. The Morgan fingerprint density at radius 3 is 2.56 bits per heavy atom. The maximum Gasteiger partial charge on any atom is 0.166 e. The number of hydrogen-bond donors (Lipinski definition) is 2. The highest BCUT2D eigenvalue weighted by Gasteiger charge is 2.29. The van der Waals surface area contributed by atoms with Crippen LogP contribution in [-0.4, -0.2) is 42.7 Å². The van der Waals surface area contributed by atoms with Crippen LogP contribution in [0.3, 0.4) is 0 Å². The first-order valence-electron chi connectivity index (χ1n) is 6.30. The fraction of sp³-hybridized carbons (Fsp3) is 0.917. The molecule has 0 unspecified atom stereocenters. The third-order valence-corrected chi connectivity index (χ3v) is 4.04. The van der Waals surface area contributed by atoms with Gasteiger partial charge in [-0.1, -0.05) is 6.92 Å². The first-order chi connectivity index (χ1) is 7.57. The van der Waals surface area contributed by atoms with Crippen molar-refractivity contribution in [1.82, 2.24) is 15.5 Å². The van der Waals surface area contributed by atoms with Crippen LogP contribution in [0.25, 0.3) is 0 Å². The van der Waals surface area contributed by atoms with E-state index in [1.807, 2.05) is 0 Å². The number of hydrogen-bond acceptors (Lipinski definition) is 2. The average Bonchev–Trinajstić information content (AvgIpc) is 3.04. The zero-order valence-electron chi connectivity index (χ0n) is 10.4. The van der Waals surface area contributed by atoms with Gasteiger partial charge in [0.2, 0.25) is 0 Å². The zero-order valence-corrected chi connectivity index (χ0v) is 11.2. The smallest absolute Gasteiger partial charge is 0.166 e. The van der Waals surface area contributed by atoms with E-state index in [4.69, 9.17) is 12.2 Å². The van der Waals surface area contributed by atoms with Gasteiger partial charge in [-0.25, -0.2) is 0 Å². The van der Waals surface area contributed by atoms with Crippen molar-refractivity contribution < 1.29 is 0 Å². The standard InChI is InChI=1S/C12H23N3S/c1-12(5-7-15(2)8-6-12)9-13-11(16)14-10-3-4-10/h10H,3-9H2,1-2H3,(H2,13,14,16). The third kappa shape index (κ3) is 3.59. The molecule has 2 rings (SSSR count). The molecule has 1 aliphatic carbocycles. The Labute approximate surface area is 104 Å².